The molecule has 0 unspecified atom stereocenters. The van der Waals surface area contributed by atoms with Gasteiger partial charge in [0.05, 0.1) is 6.42 Å². The van der Waals surface area contributed by atoms with Gasteiger partial charge in [-0.3, -0.25) is 4.79 Å². The van der Waals surface area contributed by atoms with Crippen LogP contribution in [-0.4, -0.2) is 79.7 Å². The number of carbonyl (C=O) groups excluding carboxylic acids is 2. The number of aliphatic hydroxyl groups is 3. The molecule has 6 atom stereocenters. The van der Waals surface area contributed by atoms with E-state index in [4.69, 9.17) is 18.9 Å². The normalized spacial score (nSPS) is 25.5. The Morgan fingerprint density at radius 3 is 2.26 bits per heavy atom. The van der Waals surface area contributed by atoms with E-state index in [1.54, 1.807) is 24.3 Å². The molecular weight excluding hydrogens is 552 g/mol. The highest BCUT2D eigenvalue weighted by Crippen LogP contribution is 2.42. The van der Waals surface area contributed by atoms with E-state index in [0.29, 0.717) is 11.1 Å². The Kier molecular flexibility index (Phi) is 8.31. The van der Waals surface area contributed by atoms with Crippen LogP contribution in [0.4, 0.5) is 0 Å². The average molecular weight is 581 g/mol. The molecule has 0 aromatic heterocycles. The maximum absolute atomic E-state index is 12.8. The number of carbonyl (C=O) groups is 2. The highest BCUT2D eigenvalue weighted by atomic mass is 16.7. The van der Waals surface area contributed by atoms with E-state index in [2.05, 4.69) is 0 Å². The van der Waals surface area contributed by atoms with Gasteiger partial charge in [-0.15, -0.1) is 0 Å². The van der Waals surface area contributed by atoms with Crippen molar-refractivity contribution in [2.24, 2.45) is 0 Å². The summed E-state index contributed by atoms with van der Waals surface area (Å²) in [5.41, 5.74) is 1.19. The van der Waals surface area contributed by atoms with Crippen molar-refractivity contribution in [2.75, 3.05) is 6.61 Å². The molecule has 220 valence electrons. The number of hydrogen-bond acceptors (Lipinski definition) is 12. The lowest BCUT2D eigenvalue weighted by molar-refractivity contribution is -0.278. The second-order valence-electron chi connectivity index (χ2n) is 9.83. The first kappa shape index (κ1) is 28.9. The number of fused-ring (bicyclic) bond motifs is 1. The van der Waals surface area contributed by atoms with Gasteiger partial charge in [-0.2, -0.15) is 0 Å². The van der Waals surface area contributed by atoms with Gasteiger partial charge in [-0.05, 0) is 41.5 Å². The molecule has 0 saturated carbocycles. The lowest BCUT2D eigenvalue weighted by Crippen LogP contribution is -2.60. The number of aromatic hydroxyl groups is 3. The summed E-state index contributed by atoms with van der Waals surface area (Å²) in [6.07, 6.45) is -6.12. The molecule has 2 aliphatic heterocycles. The summed E-state index contributed by atoms with van der Waals surface area (Å²) < 4.78 is 22.3. The van der Waals surface area contributed by atoms with Crippen molar-refractivity contribution in [1.29, 1.82) is 0 Å². The van der Waals surface area contributed by atoms with E-state index < -0.39 is 55.1 Å². The van der Waals surface area contributed by atoms with Gasteiger partial charge in [0.15, 0.2) is 5.78 Å². The van der Waals surface area contributed by atoms with E-state index in [-0.39, 0.29) is 40.8 Å². The Morgan fingerprint density at radius 1 is 0.905 bits per heavy atom. The molecule has 1 saturated heterocycles. The first-order valence-corrected chi connectivity index (χ1v) is 12.9. The number of phenols is 3. The molecule has 0 aliphatic carbocycles. The number of Topliss-reactive ketones (excluding diaryl/α,β-unsaturated/α-hetero) is 1. The van der Waals surface area contributed by atoms with E-state index in [9.17, 15) is 40.2 Å². The van der Waals surface area contributed by atoms with Crippen molar-refractivity contribution in [3.05, 3.63) is 83.4 Å². The predicted molar refractivity (Wildman–Crippen MR) is 144 cm³/mol. The maximum Gasteiger partial charge on any atom is 0.330 e. The minimum atomic E-state index is -1.73. The summed E-state index contributed by atoms with van der Waals surface area (Å²) in [6.45, 7) is -0.495. The number of benzene rings is 3. The summed E-state index contributed by atoms with van der Waals surface area (Å²) in [4.78, 5) is 25.0. The van der Waals surface area contributed by atoms with Crippen LogP contribution in [0.25, 0.3) is 6.08 Å². The smallest absolute Gasteiger partial charge is 0.330 e. The summed E-state index contributed by atoms with van der Waals surface area (Å²) in [5, 5.41) is 60.7. The van der Waals surface area contributed by atoms with E-state index in [1.807, 2.05) is 0 Å². The fourth-order valence-corrected chi connectivity index (χ4v) is 4.61. The molecule has 3 aromatic rings. The van der Waals surface area contributed by atoms with Crippen molar-refractivity contribution in [1.82, 2.24) is 0 Å². The van der Waals surface area contributed by atoms with Crippen molar-refractivity contribution in [2.45, 2.75) is 43.2 Å². The summed E-state index contributed by atoms with van der Waals surface area (Å²) in [7, 11) is 0. The molecule has 0 amide bonds. The molecule has 0 spiro atoms. The Hall–Kier alpha value is -4.62. The van der Waals surface area contributed by atoms with Crippen LogP contribution in [0.1, 0.15) is 34.0 Å². The van der Waals surface area contributed by atoms with Gasteiger partial charge in [0.25, 0.3) is 0 Å². The molecule has 5 rings (SSSR count). The van der Waals surface area contributed by atoms with E-state index in [0.717, 1.165) is 12.1 Å². The zero-order valence-corrected chi connectivity index (χ0v) is 21.9. The molecule has 3 aromatic carbocycles. The lowest BCUT2D eigenvalue weighted by atomic mass is 9.95. The van der Waals surface area contributed by atoms with E-state index >= 15 is 0 Å². The Morgan fingerprint density at radius 2 is 1.57 bits per heavy atom. The van der Waals surface area contributed by atoms with Crippen LogP contribution in [0.15, 0.2) is 66.7 Å². The maximum atomic E-state index is 12.8. The zero-order valence-electron chi connectivity index (χ0n) is 21.9. The lowest BCUT2D eigenvalue weighted by Gasteiger charge is -2.40. The molecule has 42 heavy (non-hydrogen) atoms. The minimum Gasteiger partial charge on any atom is -0.508 e. The monoisotopic (exact) mass is 580 g/mol. The van der Waals surface area contributed by atoms with Crippen LogP contribution in [-0.2, 0) is 14.3 Å². The van der Waals surface area contributed by atoms with E-state index in [1.165, 1.54) is 36.4 Å². The summed E-state index contributed by atoms with van der Waals surface area (Å²) >= 11 is 0. The standard InChI is InChI=1S/C30H28O12/c31-17-6-1-15(2-7-17)3-10-25(35)39-14-24-27(36)28(37)29(38)30(42-24)40-19-11-20(33)26-21(34)13-22(41-23(26)12-19)16-4-8-18(32)9-5-16/h1-12,22,24,27-33,36-38H,13-14H2/b10-3+/t22-,24+,27+,28-,29+,30+/m1/s1. The number of hydrogen-bond donors (Lipinski definition) is 6. The van der Waals surface area contributed by atoms with Gasteiger partial charge in [-0.1, -0.05) is 24.3 Å². The Bertz CT molecular complexity index is 1470. The second kappa shape index (κ2) is 12.1. The molecule has 2 aliphatic rings. The van der Waals surface area contributed by atoms with Gasteiger partial charge in [0, 0.05) is 18.2 Å². The van der Waals surface area contributed by atoms with Gasteiger partial charge in [0.1, 0.15) is 71.4 Å². The molecule has 1 fully saturated rings. The quantitative estimate of drug-likeness (QED) is 0.176. The van der Waals surface area contributed by atoms with Gasteiger partial charge < -0.3 is 49.6 Å². The largest absolute Gasteiger partial charge is 0.508 e. The molecule has 0 radical (unpaired) electrons. The van der Waals surface area contributed by atoms with Crippen LogP contribution in [0, 0.1) is 0 Å². The minimum absolute atomic E-state index is 0.0103. The molecule has 6 N–H and O–H groups in total. The van der Waals surface area contributed by atoms with Crippen LogP contribution in [0.2, 0.25) is 0 Å². The van der Waals surface area contributed by atoms with Crippen molar-refractivity contribution < 1.29 is 59.2 Å². The third-order valence-corrected chi connectivity index (χ3v) is 6.85. The van der Waals surface area contributed by atoms with Gasteiger partial charge >= 0.3 is 5.97 Å². The first-order chi connectivity index (χ1) is 20.1. The van der Waals surface area contributed by atoms with Crippen LogP contribution >= 0.6 is 0 Å². The third-order valence-electron chi connectivity index (χ3n) is 6.85. The van der Waals surface area contributed by atoms with Crippen molar-refractivity contribution in [3.63, 3.8) is 0 Å². The molecule has 12 heteroatoms. The van der Waals surface area contributed by atoms with Crippen molar-refractivity contribution in [3.8, 4) is 28.7 Å². The molecule has 0 bridgehead atoms. The molecule has 12 nitrogen and oxygen atoms in total. The summed E-state index contributed by atoms with van der Waals surface area (Å²) in [5.74, 6) is -1.55. The second-order valence-corrected chi connectivity index (χ2v) is 9.83. The number of esters is 1. The Balaban J connectivity index is 1.26. The zero-order chi connectivity index (χ0) is 30.0. The van der Waals surface area contributed by atoms with Gasteiger partial charge in [0.2, 0.25) is 6.29 Å². The van der Waals surface area contributed by atoms with Crippen LogP contribution in [0.5, 0.6) is 28.7 Å². The molecular formula is C30H28O12. The highest BCUT2D eigenvalue weighted by molar-refractivity contribution is 6.02. The number of rotatable bonds is 7. The molecule has 2 heterocycles. The fourth-order valence-electron chi connectivity index (χ4n) is 4.61. The fraction of sp³-hybridized carbons (Fsp3) is 0.267. The number of ketones is 1. The Labute approximate surface area is 239 Å². The van der Waals surface area contributed by atoms with Crippen LogP contribution < -0.4 is 9.47 Å². The predicted octanol–water partition coefficient (Wildman–Crippen LogP) is 1.95. The van der Waals surface area contributed by atoms with Crippen LogP contribution in [0.3, 0.4) is 0 Å². The summed E-state index contributed by atoms with van der Waals surface area (Å²) in [6, 6.07) is 14.6. The topological polar surface area (TPSA) is 192 Å². The third kappa shape index (κ3) is 6.31. The number of phenolic OH excluding ortho intramolecular Hbond substituents is 3. The SMILES string of the molecule is O=C(/C=C/c1ccc(O)cc1)OC[C@@H]1O[C@H](Oc2cc(O)c3c(c2)O[C@@H](c2ccc(O)cc2)CC3=O)[C@@H](O)[C@H](O)[C@H]1O. The number of ether oxygens (including phenoxy) is 4. The average Bonchev–Trinajstić information content (AvgIpc) is 2.96. The van der Waals surface area contributed by atoms with Gasteiger partial charge in [-0.25, -0.2) is 4.79 Å². The number of aliphatic hydroxyl groups excluding tert-OH is 3. The van der Waals surface area contributed by atoms with Crippen molar-refractivity contribution >= 4 is 17.8 Å². The highest BCUT2D eigenvalue weighted by Gasteiger charge is 2.45. The first-order valence-electron chi connectivity index (χ1n) is 12.9.